The van der Waals surface area contributed by atoms with Crippen molar-refractivity contribution in [1.82, 2.24) is 9.97 Å². The van der Waals surface area contributed by atoms with Gasteiger partial charge in [-0.15, -0.1) is 0 Å². The van der Waals surface area contributed by atoms with Crippen LogP contribution < -0.4 is 5.73 Å². The van der Waals surface area contributed by atoms with E-state index >= 15 is 0 Å². The maximum absolute atomic E-state index is 5.36. The first kappa shape index (κ1) is 12.4. The normalized spacial score (nSPS) is 11.6. The Kier molecular flexibility index (Phi) is 5.26. The van der Waals surface area contributed by atoms with Crippen LogP contribution in [0.3, 0.4) is 0 Å². The molecule has 1 rings (SSSR count). The highest BCUT2D eigenvalue weighted by molar-refractivity contribution is 5.32. The van der Waals surface area contributed by atoms with Gasteiger partial charge in [0.1, 0.15) is 0 Å². The molecule has 16 heavy (non-hydrogen) atoms. The fourth-order valence-corrected chi connectivity index (χ4v) is 1.07. The lowest BCUT2D eigenvalue weighted by molar-refractivity contribution is 0.0318. The average molecular weight is 221 g/mol. The van der Waals surface area contributed by atoms with Crippen molar-refractivity contribution in [2.75, 3.05) is 26.6 Å². The van der Waals surface area contributed by atoms with Crippen molar-refractivity contribution in [3.63, 3.8) is 0 Å². The summed E-state index contributed by atoms with van der Waals surface area (Å²) >= 11 is 0. The summed E-state index contributed by atoms with van der Waals surface area (Å²) < 4.78 is 10.1. The van der Waals surface area contributed by atoms with Gasteiger partial charge in [0, 0.05) is 33.0 Å². The zero-order valence-corrected chi connectivity index (χ0v) is 9.43. The van der Waals surface area contributed by atoms with E-state index in [0.29, 0.717) is 13.0 Å². The van der Waals surface area contributed by atoms with E-state index in [2.05, 4.69) is 21.8 Å². The molecule has 2 N–H and O–H groups in total. The molecular weight excluding hydrogens is 206 g/mol. The number of nitrogen functional groups attached to an aromatic ring is 1. The van der Waals surface area contributed by atoms with Gasteiger partial charge < -0.3 is 15.2 Å². The molecule has 0 aliphatic carbocycles. The van der Waals surface area contributed by atoms with Crippen LogP contribution in [0.15, 0.2) is 12.4 Å². The number of nitrogens with zero attached hydrogens (tertiary/aromatic N) is 2. The Morgan fingerprint density at radius 1 is 1.38 bits per heavy atom. The van der Waals surface area contributed by atoms with E-state index in [-0.39, 0.29) is 12.1 Å². The van der Waals surface area contributed by atoms with Gasteiger partial charge in [-0.2, -0.15) is 0 Å². The fourth-order valence-electron chi connectivity index (χ4n) is 1.07. The summed E-state index contributed by atoms with van der Waals surface area (Å²) in [5.41, 5.74) is 6.10. The monoisotopic (exact) mass is 221 g/mol. The number of methoxy groups -OCH3 is 2. The largest absolute Gasteiger partial charge is 0.382 e. The van der Waals surface area contributed by atoms with Crippen molar-refractivity contribution in [3.8, 4) is 11.8 Å². The summed E-state index contributed by atoms with van der Waals surface area (Å²) in [6, 6.07) is 0. The van der Waals surface area contributed by atoms with Crippen LogP contribution in [0.1, 0.15) is 12.0 Å². The molecule has 1 atom stereocenters. The minimum atomic E-state index is -0.00722. The molecular formula is C11H15N3O2. The average Bonchev–Trinajstić information content (AvgIpc) is 2.30. The number of rotatable bonds is 4. The van der Waals surface area contributed by atoms with Crippen LogP contribution in [-0.2, 0) is 9.47 Å². The summed E-state index contributed by atoms with van der Waals surface area (Å²) in [5, 5.41) is 0. The number of nitrogens with two attached hydrogens (primary N) is 1. The van der Waals surface area contributed by atoms with Crippen LogP contribution in [-0.4, -0.2) is 36.9 Å². The highest BCUT2D eigenvalue weighted by atomic mass is 16.5. The van der Waals surface area contributed by atoms with Gasteiger partial charge in [0.05, 0.1) is 18.3 Å². The van der Waals surface area contributed by atoms with Crippen LogP contribution in [0, 0.1) is 11.8 Å². The third-order valence-corrected chi connectivity index (χ3v) is 1.92. The molecule has 0 aliphatic heterocycles. The lowest BCUT2D eigenvalue weighted by atomic mass is 10.2. The van der Waals surface area contributed by atoms with Gasteiger partial charge in [0.15, 0.2) is 0 Å². The summed E-state index contributed by atoms with van der Waals surface area (Å²) in [4.78, 5) is 7.68. The van der Waals surface area contributed by atoms with Crippen LogP contribution >= 0.6 is 0 Å². The van der Waals surface area contributed by atoms with Crippen molar-refractivity contribution < 1.29 is 9.47 Å². The molecule has 1 unspecified atom stereocenters. The molecule has 0 saturated heterocycles. The van der Waals surface area contributed by atoms with E-state index in [1.807, 2.05) is 0 Å². The maximum atomic E-state index is 5.36. The predicted molar refractivity (Wildman–Crippen MR) is 60.6 cm³/mol. The molecule has 0 bridgehead atoms. The van der Waals surface area contributed by atoms with Crippen LogP contribution in [0.25, 0.3) is 0 Å². The summed E-state index contributed by atoms with van der Waals surface area (Å²) in [6.45, 7) is 0.531. The van der Waals surface area contributed by atoms with Crippen molar-refractivity contribution in [2.24, 2.45) is 0 Å². The van der Waals surface area contributed by atoms with E-state index in [1.165, 1.54) is 0 Å². The van der Waals surface area contributed by atoms with Gasteiger partial charge in [-0.25, -0.2) is 9.97 Å². The topological polar surface area (TPSA) is 70.3 Å². The van der Waals surface area contributed by atoms with Crippen LogP contribution in [0.2, 0.25) is 0 Å². The Morgan fingerprint density at radius 3 is 2.62 bits per heavy atom. The Balaban J connectivity index is 2.50. The van der Waals surface area contributed by atoms with E-state index < -0.39 is 0 Å². The second-order valence-electron chi connectivity index (χ2n) is 3.15. The minimum Gasteiger partial charge on any atom is -0.382 e. The molecule has 5 nitrogen and oxygen atoms in total. The third kappa shape index (κ3) is 4.26. The van der Waals surface area contributed by atoms with Gasteiger partial charge in [-0.3, -0.25) is 0 Å². The minimum absolute atomic E-state index is 0.00722. The molecule has 0 radical (unpaired) electrons. The van der Waals surface area contributed by atoms with Crippen molar-refractivity contribution in [2.45, 2.75) is 12.5 Å². The van der Waals surface area contributed by atoms with E-state index in [4.69, 9.17) is 15.2 Å². The second-order valence-corrected chi connectivity index (χ2v) is 3.15. The third-order valence-electron chi connectivity index (χ3n) is 1.92. The van der Waals surface area contributed by atoms with Gasteiger partial charge in [0.25, 0.3) is 0 Å². The quantitative estimate of drug-likeness (QED) is 0.748. The molecule has 0 amide bonds. The van der Waals surface area contributed by atoms with E-state index in [9.17, 15) is 0 Å². The molecule has 86 valence electrons. The first-order valence-corrected chi connectivity index (χ1v) is 4.84. The van der Waals surface area contributed by atoms with Gasteiger partial charge in [0.2, 0.25) is 5.95 Å². The first-order valence-electron chi connectivity index (χ1n) is 4.84. The van der Waals surface area contributed by atoms with Crippen LogP contribution in [0.4, 0.5) is 5.95 Å². The second kappa shape index (κ2) is 6.77. The molecule has 1 heterocycles. The molecule has 0 spiro atoms. The zero-order valence-electron chi connectivity index (χ0n) is 9.43. The number of ether oxygens (including phenoxy) is 2. The molecule has 0 saturated carbocycles. The van der Waals surface area contributed by atoms with Crippen LogP contribution in [0.5, 0.6) is 0 Å². The Morgan fingerprint density at radius 2 is 2.06 bits per heavy atom. The summed E-state index contributed by atoms with van der Waals surface area (Å²) in [6.07, 6.45) is 3.78. The van der Waals surface area contributed by atoms with Crippen molar-refractivity contribution in [1.29, 1.82) is 0 Å². The molecule has 1 aromatic heterocycles. The highest BCUT2D eigenvalue weighted by Crippen LogP contribution is 1.98. The van der Waals surface area contributed by atoms with Gasteiger partial charge in [-0.1, -0.05) is 11.8 Å². The zero-order chi connectivity index (χ0) is 11.8. The first-order chi connectivity index (χ1) is 7.76. The van der Waals surface area contributed by atoms with Gasteiger partial charge in [-0.05, 0) is 0 Å². The van der Waals surface area contributed by atoms with Crippen molar-refractivity contribution in [3.05, 3.63) is 18.0 Å². The molecule has 5 heteroatoms. The Labute approximate surface area is 95.0 Å². The molecule has 1 aromatic rings. The molecule has 0 aromatic carbocycles. The van der Waals surface area contributed by atoms with E-state index in [1.54, 1.807) is 26.6 Å². The highest BCUT2D eigenvalue weighted by Gasteiger charge is 2.03. The summed E-state index contributed by atoms with van der Waals surface area (Å²) in [7, 11) is 3.27. The van der Waals surface area contributed by atoms with Gasteiger partial charge >= 0.3 is 0 Å². The molecule has 0 aliphatic rings. The van der Waals surface area contributed by atoms with E-state index in [0.717, 1.165) is 5.56 Å². The number of hydrogen-bond acceptors (Lipinski definition) is 5. The fraction of sp³-hybridized carbons (Fsp3) is 0.455. The standard InChI is InChI=1S/C11H15N3O2/c1-15-8-10(16-2)5-3-4-9-6-13-11(12)14-7-9/h6-7,10H,5,8H2,1-2H3,(H2,12,13,14). The predicted octanol–water partition coefficient (Wildman–Crippen LogP) is 0.462. The number of anilines is 1. The Bertz CT molecular complexity index is 367. The number of hydrogen-bond donors (Lipinski definition) is 1. The maximum Gasteiger partial charge on any atom is 0.219 e. The van der Waals surface area contributed by atoms with Crippen molar-refractivity contribution >= 4 is 5.95 Å². The number of aromatic nitrogens is 2. The lowest BCUT2D eigenvalue weighted by Gasteiger charge is -2.09. The summed E-state index contributed by atoms with van der Waals surface area (Å²) in [5.74, 6) is 6.16. The Hall–Kier alpha value is -1.64. The SMILES string of the molecule is COCC(CC#Cc1cnc(N)nc1)OC. The molecule has 0 fully saturated rings. The lowest BCUT2D eigenvalue weighted by Crippen LogP contribution is -2.16. The smallest absolute Gasteiger partial charge is 0.219 e.